The van der Waals surface area contributed by atoms with Gasteiger partial charge in [-0.25, -0.2) is 0 Å². The minimum Gasteiger partial charge on any atom is -0.394 e. The highest BCUT2D eigenvalue weighted by Gasteiger charge is 1.99. The summed E-state index contributed by atoms with van der Waals surface area (Å²) in [7, 11) is -4.28. The fourth-order valence-corrected chi connectivity index (χ4v) is 0.394. The number of aliphatic hydroxyl groups excluding tert-OH is 1. The van der Waals surface area contributed by atoms with E-state index in [0.717, 1.165) is 0 Å². The van der Waals surface area contributed by atoms with Crippen LogP contribution in [0.1, 0.15) is 0 Å². The number of hydrogen-bond acceptors (Lipinski definition) is 4. The third-order valence-corrected chi connectivity index (χ3v) is 0.686. The van der Waals surface area contributed by atoms with Crippen molar-refractivity contribution in [1.82, 2.24) is 4.89 Å². The second-order valence-electron chi connectivity index (χ2n) is 1.13. The lowest BCUT2D eigenvalue weighted by atomic mass is 10.8. The zero-order valence-corrected chi connectivity index (χ0v) is 5.26. The number of hydrogen-bond donors (Lipinski definition) is 3. The van der Waals surface area contributed by atoms with Crippen LogP contribution in [-0.4, -0.2) is 31.3 Å². The van der Waals surface area contributed by atoms with Crippen LogP contribution in [0.3, 0.4) is 0 Å². The summed E-state index contributed by atoms with van der Waals surface area (Å²) in [6, 6.07) is 0. The van der Waals surface area contributed by atoms with Gasteiger partial charge >= 0.3 is 10.3 Å². The van der Waals surface area contributed by atoms with E-state index in [1.807, 2.05) is 0 Å². The fourth-order valence-electron chi connectivity index (χ4n) is 0.162. The van der Waals surface area contributed by atoms with Crippen LogP contribution in [0, 0.1) is 0 Å². The van der Waals surface area contributed by atoms with Gasteiger partial charge in [-0.15, -0.1) is 0 Å². The van der Waals surface area contributed by atoms with Gasteiger partial charge in [-0.05, 0) is 0 Å². The third-order valence-electron chi connectivity index (χ3n) is 0.358. The Balaban J connectivity index is 3.30. The Bertz CT molecular complexity index is 150. The van der Waals surface area contributed by atoms with Gasteiger partial charge in [0.2, 0.25) is 0 Å². The molecule has 0 aromatic heterocycles. The van der Waals surface area contributed by atoms with Crippen LogP contribution in [0.5, 0.6) is 0 Å². The largest absolute Gasteiger partial charge is 0.394 e. The normalized spacial score (nSPS) is 11.8. The molecule has 3 N–H and O–H groups in total. The molecule has 0 radical (unpaired) electrons. The van der Waals surface area contributed by atoms with E-state index in [1.165, 1.54) is 4.89 Å². The van der Waals surface area contributed by atoms with Crippen molar-refractivity contribution in [3.8, 4) is 0 Å². The van der Waals surface area contributed by atoms with E-state index in [9.17, 15) is 8.42 Å². The zero-order valence-electron chi connectivity index (χ0n) is 4.44. The highest BCUT2D eigenvalue weighted by molar-refractivity contribution is 7.83. The molecular weight excluding hydrogens is 150 g/mol. The molecule has 0 atom stereocenters. The van der Waals surface area contributed by atoms with Crippen LogP contribution in [0.25, 0.3) is 0 Å². The molecule has 0 fully saturated rings. The van der Waals surface area contributed by atoms with Crippen molar-refractivity contribution in [2.24, 2.45) is 0 Å². The first-order chi connectivity index (χ1) is 4.06. The van der Waals surface area contributed by atoms with Gasteiger partial charge in [0.15, 0.2) is 0 Å². The maximum Gasteiger partial charge on any atom is 0.355 e. The summed E-state index contributed by atoms with van der Waals surface area (Å²) in [5.74, 6) is 0. The summed E-state index contributed by atoms with van der Waals surface area (Å²) in [5.41, 5.74) is 0. The van der Waals surface area contributed by atoms with Gasteiger partial charge in [0.25, 0.3) is 0 Å². The lowest BCUT2D eigenvalue weighted by Gasteiger charge is -1.97. The number of rotatable bonds is 4. The molecule has 0 aliphatic heterocycles. The van der Waals surface area contributed by atoms with Crippen LogP contribution in [0.2, 0.25) is 0 Å². The summed E-state index contributed by atoms with van der Waals surface area (Å²) in [6.45, 7) is -0.512. The van der Waals surface area contributed by atoms with Crippen molar-refractivity contribution in [3.05, 3.63) is 0 Å². The number of aliphatic hydroxyl groups is 1. The Morgan fingerprint density at radius 3 is 2.44 bits per heavy atom. The van der Waals surface area contributed by atoms with Crippen molar-refractivity contribution in [2.45, 2.75) is 0 Å². The SMILES string of the molecule is O=S(=O)(O)NOCCO. The van der Waals surface area contributed by atoms with Crippen LogP contribution < -0.4 is 4.89 Å². The predicted molar refractivity (Wildman–Crippen MR) is 27.7 cm³/mol. The standard InChI is InChI=1S/C2H7NO5S/c4-1-2-8-3-9(5,6)7/h3-4H,1-2H2,(H,5,6,7). The molecule has 0 saturated carbocycles. The van der Waals surface area contributed by atoms with E-state index in [0.29, 0.717) is 0 Å². The van der Waals surface area contributed by atoms with Gasteiger partial charge in [0.05, 0.1) is 13.2 Å². The molecule has 6 nitrogen and oxygen atoms in total. The first-order valence-electron chi connectivity index (χ1n) is 2.03. The first-order valence-corrected chi connectivity index (χ1v) is 3.47. The summed E-state index contributed by atoms with van der Waals surface area (Å²) in [6.07, 6.45) is 0. The molecule has 0 aromatic carbocycles. The van der Waals surface area contributed by atoms with Gasteiger partial charge in [-0.1, -0.05) is 4.89 Å². The maximum atomic E-state index is 9.74. The van der Waals surface area contributed by atoms with Crippen molar-refractivity contribution >= 4 is 10.3 Å². The Hall–Kier alpha value is -0.210. The molecule has 0 heterocycles. The van der Waals surface area contributed by atoms with Gasteiger partial charge in [0.1, 0.15) is 0 Å². The van der Waals surface area contributed by atoms with E-state index in [1.54, 1.807) is 0 Å². The van der Waals surface area contributed by atoms with Gasteiger partial charge in [0, 0.05) is 0 Å². The molecule has 0 saturated heterocycles. The van der Waals surface area contributed by atoms with Crippen molar-refractivity contribution < 1.29 is 22.9 Å². The van der Waals surface area contributed by atoms with E-state index >= 15 is 0 Å². The minimum atomic E-state index is -4.28. The van der Waals surface area contributed by atoms with Gasteiger partial charge in [-0.2, -0.15) is 8.42 Å². The molecule has 9 heavy (non-hydrogen) atoms. The topological polar surface area (TPSA) is 95.9 Å². The molecule has 0 aromatic rings. The van der Waals surface area contributed by atoms with E-state index < -0.39 is 10.3 Å². The molecule has 0 spiro atoms. The van der Waals surface area contributed by atoms with Crippen molar-refractivity contribution in [2.75, 3.05) is 13.2 Å². The Kier molecular flexibility index (Phi) is 3.66. The van der Waals surface area contributed by atoms with Crippen LogP contribution >= 0.6 is 0 Å². The lowest BCUT2D eigenvalue weighted by molar-refractivity contribution is 0.0555. The second-order valence-corrected chi connectivity index (χ2v) is 2.25. The second kappa shape index (κ2) is 3.75. The van der Waals surface area contributed by atoms with Gasteiger partial charge in [-0.3, -0.25) is 9.39 Å². The lowest BCUT2D eigenvalue weighted by Crippen LogP contribution is -2.24. The maximum absolute atomic E-state index is 9.74. The van der Waals surface area contributed by atoms with E-state index in [-0.39, 0.29) is 13.2 Å². The molecule has 56 valence electrons. The molecule has 0 unspecified atom stereocenters. The average Bonchev–Trinajstić information content (AvgIpc) is 1.63. The van der Waals surface area contributed by atoms with Crippen LogP contribution in [0.4, 0.5) is 0 Å². The van der Waals surface area contributed by atoms with E-state index in [4.69, 9.17) is 9.66 Å². The monoisotopic (exact) mass is 157 g/mol. The Morgan fingerprint density at radius 1 is 1.56 bits per heavy atom. The fraction of sp³-hybridized carbons (Fsp3) is 1.00. The summed E-state index contributed by atoms with van der Waals surface area (Å²) < 4.78 is 27.4. The highest BCUT2D eigenvalue weighted by Crippen LogP contribution is 1.72. The van der Waals surface area contributed by atoms with Crippen molar-refractivity contribution in [3.63, 3.8) is 0 Å². The first kappa shape index (κ1) is 8.79. The molecule has 0 amide bonds. The molecule has 0 aliphatic carbocycles. The average molecular weight is 157 g/mol. The molecule has 7 heteroatoms. The summed E-state index contributed by atoms with van der Waals surface area (Å²) >= 11 is 0. The van der Waals surface area contributed by atoms with E-state index in [2.05, 4.69) is 4.84 Å². The Labute approximate surface area is 52.3 Å². The molecular formula is C2H7NO5S. The van der Waals surface area contributed by atoms with Crippen LogP contribution in [-0.2, 0) is 15.1 Å². The summed E-state index contributed by atoms with van der Waals surface area (Å²) in [4.78, 5) is 5.30. The number of nitrogens with one attached hydrogen (secondary N) is 1. The molecule has 0 bridgehead atoms. The van der Waals surface area contributed by atoms with Crippen LogP contribution in [0.15, 0.2) is 0 Å². The van der Waals surface area contributed by atoms with Crippen molar-refractivity contribution in [1.29, 1.82) is 0 Å². The highest BCUT2D eigenvalue weighted by atomic mass is 32.2. The smallest absolute Gasteiger partial charge is 0.355 e. The summed E-state index contributed by atoms with van der Waals surface area (Å²) in [5, 5.41) is 8.02. The minimum absolute atomic E-state index is 0.195. The Morgan fingerprint density at radius 2 is 2.11 bits per heavy atom. The van der Waals surface area contributed by atoms with Gasteiger partial charge < -0.3 is 5.11 Å². The molecule has 0 rings (SSSR count). The quantitative estimate of drug-likeness (QED) is 0.257. The molecule has 0 aliphatic rings. The zero-order chi connectivity index (χ0) is 7.33. The predicted octanol–water partition coefficient (Wildman–Crippen LogP) is -1.70. The third kappa shape index (κ3) is 7.79.